The Bertz CT molecular complexity index is 1010. The van der Waals surface area contributed by atoms with Gasteiger partial charge in [-0.1, -0.05) is 42.2 Å². The van der Waals surface area contributed by atoms with E-state index < -0.39 is 0 Å². The van der Waals surface area contributed by atoms with Gasteiger partial charge in [0.15, 0.2) is 0 Å². The monoisotopic (exact) mass is 417 g/mol. The summed E-state index contributed by atoms with van der Waals surface area (Å²) in [4.78, 5) is 31.1. The molecule has 2 amide bonds. The number of nitrogens with zero attached hydrogens (tertiary/aromatic N) is 3. The average molecular weight is 418 g/mol. The Morgan fingerprint density at radius 2 is 1.84 bits per heavy atom. The zero-order valence-corrected chi connectivity index (χ0v) is 17.9. The molecular weight excluding hydrogens is 390 g/mol. The van der Waals surface area contributed by atoms with E-state index >= 15 is 0 Å². The van der Waals surface area contributed by atoms with Gasteiger partial charge in [0.1, 0.15) is 6.54 Å². The van der Waals surface area contributed by atoms with Crippen molar-refractivity contribution in [3.05, 3.63) is 71.3 Å². The molecule has 2 aliphatic heterocycles. The molecular formula is C25H27N3O3. The normalized spacial score (nSPS) is 22.5. The van der Waals surface area contributed by atoms with E-state index in [4.69, 9.17) is 0 Å². The Hall–Kier alpha value is -3.14. The Balaban J connectivity index is 1.52. The Labute approximate surface area is 183 Å². The van der Waals surface area contributed by atoms with Crippen LogP contribution in [0, 0.1) is 11.8 Å². The van der Waals surface area contributed by atoms with E-state index in [-0.39, 0.29) is 43.0 Å². The van der Waals surface area contributed by atoms with Crippen LogP contribution >= 0.6 is 0 Å². The van der Waals surface area contributed by atoms with Crippen LogP contribution in [0.25, 0.3) is 0 Å². The molecule has 0 radical (unpaired) electrons. The number of benzene rings is 2. The lowest BCUT2D eigenvalue weighted by molar-refractivity contribution is -0.159. The predicted molar refractivity (Wildman–Crippen MR) is 118 cm³/mol. The van der Waals surface area contributed by atoms with Gasteiger partial charge in [0, 0.05) is 23.6 Å². The summed E-state index contributed by atoms with van der Waals surface area (Å²) in [7, 11) is 3.96. The minimum absolute atomic E-state index is 0.0101. The number of amides is 2. The van der Waals surface area contributed by atoms with Crippen molar-refractivity contribution >= 4 is 11.8 Å². The third-order valence-electron chi connectivity index (χ3n) is 5.98. The summed E-state index contributed by atoms with van der Waals surface area (Å²) in [6.45, 7) is 1.12. The minimum Gasteiger partial charge on any atom is -0.394 e. The molecule has 31 heavy (non-hydrogen) atoms. The quantitative estimate of drug-likeness (QED) is 0.765. The molecule has 2 aliphatic rings. The SMILES string of the molecule is CN(C)CC#Cc1ccc([C@@H]2[C@@H](CO)N3C(=O)CN(C(=O)c4ccccc4)C[C@@H]23)cc1. The molecule has 0 bridgehead atoms. The average Bonchev–Trinajstić information content (AvgIpc) is 2.76. The molecule has 6 nitrogen and oxygen atoms in total. The maximum Gasteiger partial charge on any atom is 0.254 e. The van der Waals surface area contributed by atoms with Crippen molar-refractivity contribution in [2.75, 3.05) is 40.3 Å². The maximum absolute atomic E-state index is 12.9. The number of rotatable bonds is 4. The van der Waals surface area contributed by atoms with Crippen LogP contribution in [-0.4, -0.2) is 84.0 Å². The van der Waals surface area contributed by atoms with Gasteiger partial charge in [-0.25, -0.2) is 0 Å². The van der Waals surface area contributed by atoms with Crippen molar-refractivity contribution in [3.63, 3.8) is 0 Å². The molecule has 2 saturated heterocycles. The van der Waals surface area contributed by atoms with Crippen molar-refractivity contribution in [3.8, 4) is 11.8 Å². The van der Waals surface area contributed by atoms with Crippen molar-refractivity contribution in [2.45, 2.75) is 18.0 Å². The number of hydrogen-bond acceptors (Lipinski definition) is 4. The summed E-state index contributed by atoms with van der Waals surface area (Å²) < 4.78 is 0. The standard InChI is InChI=1S/C25H27N3O3/c1-26(2)14-6-7-18-10-12-19(13-11-18)24-21-15-27(16-23(30)28(21)22(24)17-29)25(31)20-8-4-3-5-9-20/h3-5,8-13,21-22,24,29H,14-17H2,1-2H3/t21-,22+,24-/m0/s1. The van der Waals surface area contributed by atoms with E-state index in [0.717, 1.165) is 11.1 Å². The van der Waals surface area contributed by atoms with Crippen molar-refractivity contribution in [1.82, 2.24) is 14.7 Å². The summed E-state index contributed by atoms with van der Waals surface area (Å²) in [5, 5.41) is 9.95. The van der Waals surface area contributed by atoms with Gasteiger partial charge in [0.05, 0.1) is 25.2 Å². The topological polar surface area (TPSA) is 64.1 Å². The summed E-state index contributed by atoms with van der Waals surface area (Å²) in [5.41, 5.74) is 2.57. The molecule has 0 saturated carbocycles. The van der Waals surface area contributed by atoms with Gasteiger partial charge in [-0.2, -0.15) is 0 Å². The van der Waals surface area contributed by atoms with Crippen LogP contribution in [0.15, 0.2) is 54.6 Å². The summed E-state index contributed by atoms with van der Waals surface area (Å²) in [5.74, 6) is 6.02. The number of fused-ring (bicyclic) bond motifs is 1. The van der Waals surface area contributed by atoms with Crippen LogP contribution in [0.4, 0.5) is 0 Å². The molecule has 0 unspecified atom stereocenters. The maximum atomic E-state index is 12.9. The molecule has 2 aromatic rings. The lowest BCUT2D eigenvalue weighted by atomic mass is 9.73. The number of carbonyl (C=O) groups is 2. The number of aliphatic hydroxyl groups excluding tert-OH is 1. The van der Waals surface area contributed by atoms with Crippen LogP contribution in [0.2, 0.25) is 0 Å². The first-order valence-corrected chi connectivity index (χ1v) is 10.5. The van der Waals surface area contributed by atoms with Crippen LogP contribution in [0.3, 0.4) is 0 Å². The van der Waals surface area contributed by atoms with Gasteiger partial charge in [-0.05, 0) is 43.9 Å². The zero-order valence-electron chi connectivity index (χ0n) is 17.9. The molecule has 2 aromatic carbocycles. The van der Waals surface area contributed by atoms with E-state index in [9.17, 15) is 14.7 Å². The second-order valence-corrected chi connectivity index (χ2v) is 8.36. The van der Waals surface area contributed by atoms with Crippen molar-refractivity contribution in [2.24, 2.45) is 0 Å². The first-order valence-electron chi connectivity index (χ1n) is 10.5. The fraction of sp³-hybridized carbons (Fsp3) is 0.360. The van der Waals surface area contributed by atoms with Gasteiger partial charge in [0.25, 0.3) is 5.91 Å². The molecule has 3 atom stereocenters. The molecule has 6 heteroatoms. The molecule has 0 aliphatic carbocycles. The zero-order chi connectivity index (χ0) is 22.0. The Kier molecular flexibility index (Phi) is 6.08. The summed E-state index contributed by atoms with van der Waals surface area (Å²) >= 11 is 0. The number of carbonyl (C=O) groups excluding carboxylic acids is 2. The molecule has 4 rings (SSSR count). The van der Waals surface area contributed by atoms with Gasteiger partial charge >= 0.3 is 0 Å². The van der Waals surface area contributed by atoms with E-state index in [2.05, 4.69) is 11.8 Å². The molecule has 2 heterocycles. The van der Waals surface area contributed by atoms with E-state index in [1.807, 2.05) is 61.5 Å². The minimum atomic E-state index is -0.253. The number of hydrogen-bond donors (Lipinski definition) is 1. The van der Waals surface area contributed by atoms with Crippen LogP contribution < -0.4 is 0 Å². The van der Waals surface area contributed by atoms with Crippen LogP contribution in [0.5, 0.6) is 0 Å². The molecule has 1 N–H and O–H groups in total. The second-order valence-electron chi connectivity index (χ2n) is 8.36. The van der Waals surface area contributed by atoms with E-state index in [1.54, 1.807) is 21.9 Å². The Morgan fingerprint density at radius 1 is 1.13 bits per heavy atom. The van der Waals surface area contributed by atoms with E-state index in [1.165, 1.54) is 0 Å². The highest BCUT2D eigenvalue weighted by atomic mass is 16.3. The largest absolute Gasteiger partial charge is 0.394 e. The van der Waals surface area contributed by atoms with Gasteiger partial charge in [0.2, 0.25) is 5.91 Å². The third kappa shape index (κ3) is 4.20. The number of aliphatic hydroxyl groups is 1. The first kappa shape index (κ1) is 21.1. The fourth-order valence-electron chi connectivity index (χ4n) is 4.51. The lowest BCUT2D eigenvalue weighted by Crippen LogP contribution is -2.73. The van der Waals surface area contributed by atoms with Gasteiger partial charge < -0.3 is 14.9 Å². The predicted octanol–water partition coefficient (Wildman–Crippen LogP) is 1.41. The summed E-state index contributed by atoms with van der Waals surface area (Å²) in [6.07, 6.45) is 0. The van der Waals surface area contributed by atoms with Crippen molar-refractivity contribution in [1.29, 1.82) is 0 Å². The van der Waals surface area contributed by atoms with Crippen LogP contribution in [-0.2, 0) is 4.79 Å². The highest BCUT2D eigenvalue weighted by Crippen LogP contribution is 2.43. The van der Waals surface area contributed by atoms with Gasteiger partial charge in [-0.3, -0.25) is 14.5 Å². The molecule has 2 fully saturated rings. The fourth-order valence-corrected chi connectivity index (χ4v) is 4.51. The van der Waals surface area contributed by atoms with Crippen LogP contribution in [0.1, 0.15) is 27.4 Å². The van der Waals surface area contributed by atoms with Gasteiger partial charge in [-0.15, -0.1) is 0 Å². The third-order valence-corrected chi connectivity index (χ3v) is 5.98. The first-order chi connectivity index (χ1) is 15.0. The molecule has 0 spiro atoms. The number of piperazine rings is 1. The molecule has 0 aromatic heterocycles. The molecule has 160 valence electrons. The highest BCUT2D eigenvalue weighted by molar-refractivity contribution is 5.97. The smallest absolute Gasteiger partial charge is 0.254 e. The second kappa shape index (κ2) is 8.93. The summed E-state index contributed by atoms with van der Waals surface area (Å²) in [6, 6.07) is 16.7. The van der Waals surface area contributed by atoms with Crippen molar-refractivity contribution < 1.29 is 14.7 Å². The highest BCUT2D eigenvalue weighted by Gasteiger charge is 2.54. The van der Waals surface area contributed by atoms with E-state index in [0.29, 0.717) is 18.7 Å². The Morgan fingerprint density at radius 3 is 2.48 bits per heavy atom. The lowest BCUT2D eigenvalue weighted by Gasteiger charge is -2.58.